The van der Waals surface area contributed by atoms with Gasteiger partial charge in [-0.2, -0.15) is 5.10 Å². The van der Waals surface area contributed by atoms with Crippen molar-refractivity contribution in [3.63, 3.8) is 0 Å². The van der Waals surface area contributed by atoms with E-state index in [4.69, 9.17) is 0 Å². The molecule has 3 heterocycles. The van der Waals surface area contributed by atoms with E-state index in [-0.39, 0.29) is 4.90 Å². The third-order valence-electron chi connectivity index (χ3n) is 4.28. The van der Waals surface area contributed by atoms with Crippen LogP contribution in [0.5, 0.6) is 0 Å². The number of nitrogens with zero attached hydrogens (tertiary/aromatic N) is 4. The van der Waals surface area contributed by atoms with Crippen LogP contribution in [0.1, 0.15) is 0 Å². The number of aromatic amines is 1. The van der Waals surface area contributed by atoms with Gasteiger partial charge in [0.1, 0.15) is 5.65 Å². The van der Waals surface area contributed by atoms with Crippen LogP contribution in [0.15, 0.2) is 47.6 Å². The lowest BCUT2D eigenvalue weighted by atomic mass is 10.1. The van der Waals surface area contributed by atoms with Crippen LogP contribution in [0, 0.1) is 0 Å². The highest BCUT2D eigenvalue weighted by Gasteiger charge is 2.18. The predicted molar refractivity (Wildman–Crippen MR) is 96.7 cm³/mol. The molecule has 0 aliphatic carbocycles. The summed E-state index contributed by atoms with van der Waals surface area (Å²) in [7, 11) is 1.45. The van der Waals surface area contributed by atoms with Gasteiger partial charge in [0.2, 0.25) is 10.0 Å². The van der Waals surface area contributed by atoms with E-state index >= 15 is 0 Å². The molecule has 0 fully saturated rings. The molecule has 8 heteroatoms. The fourth-order valence-corrected chi connectivity index (χ4v) is 3.88. The zero-order valence-corrected chi connectivity index (χ0v) is 14.9. The molecule has 0 unspecified atom stereocenters. The van der Waals surface area contributed by atoms with Crippen molar-refractivity contribution in [2.45, 2.75) is 4.90 Å². The van der Waals surface area contributed by atoms with E-state index in [0.29, 0.717) is 0 Å². The van der Waals surface area contributed by atoms with Crippen LogP contribution in [-0.2, 0) is 17.1 Å². The van der Waals surface area contributed by atoms with Gasteiger partial charge in [0, 0.05) is 43.8 Å². The lowest BCUT2D eigenvalue weighted by Gasteiger charge is -2.11. The zero-order chi connectivity index (χ0) is 17.8. The second-order valence-electron chi connectivity index (χ2n) is 6.09. The number of aryl methyl sites for hydroxylation is 1. The molecular formula is C17H17N5O2S. The van der Waals surface area contributed by atoms with E-state index < -0.39 is 10.0 Å². The number of hydrogen-bond donors (Lipinski definition) is 1. The monoisotopic (exact) mass is 355 g/mol. The summed E-state index contributed by atoms with van der Waals surface area (Å²) in [4.78, 5) is 7.96. The number of nitrogens with one attached hydrogen (secondary N) is 1. The van der Waals surface area contributed by atoms with Crippen LogP contribution >= 0.6 is 0 Å². The van der Waals surface area contributed by atoms with Crippen molar-refractivity contribution in [1.29, 1.82) is 0 Å². The van der Waals surface area contributed by atoms with E-state index in [9.17, 15) is 8.42 Å². The summed E-state index contributed by atoms with van der Waals surface area (Å²) >= 11 is 0. The van der Waals surface area contributed by atoms with Crippen LogP contribution in [-0.4, -0.2) is 46.6 Å². The van der Waals surface area contributed by atoms with Gasteiger partial charge in [-0.3, -0.25) is 4.68 Å². The van der Waals surface area contributed by atoms with Gasteiger partial charge >= 0.3 is 0 Å². The minimum absolute atomic E-state index is 0.257. The highest BCUT2D eigenvalue weighted by molar-refractivity contribution is 7.89. The number of H-pyrrole nitrogens is 1. The number of hydrogen-bond acceptors (Lipinski definition) is 4. The molecule has 1 aromatic carbocycles. The second kappa shape index (κ2) is 5.40. The van der Waals surface area contributed by atoms with Gasteiger partial charge in [-0.1, -0.05) is 12.1 Å². The third kappa shape index (κ3) is 2.41. The average Bonchev–Trinajstić information content (AvgIpc) is 3.18. The molecule has 7 nitrogen and oxygen atoms in total. The summed E-state index contributed by atoms with van der Waals surface area (Å²) in [5, 5.41) is 6.19. The molecule has 0 aliphatic rings. The van der Waals surface area contributed by atoms with Gasteiger partial charge in [-0.05, 0) is 23.8 Å². The Labute approximate surface area is 145 Å². The van der Waals surface area contributed by atoms with Crippen LogP contribution < -0.4 is 0 Å². The Kier molecular flexibility index (Phi) is 3.41. The topological polar surface area (TPSA) is 83.9 Å². The molecular weight excluding hydrogens is 338 g/mol. The van der Waals surface area contributed by atoms with Crippen LogP contribution in [0.25, 0.3) is 33.2 Å². The minimum Gasteiger partial charge on any atom is -0.339 e. The molecule has 25 heavy (non-hydrogen) atoms. The van der Waals surface area contributed by atoms with Crippen LogP contribution in [0.4, 0.5) is 0 Å². The van der Waals surface area contributed by atoms with Crippen molar-refractivity contribution in [3.05, 3.63) is 42.7 Å². The third-order valence-corrected chi connectivity index (χ3v) is 6.09. The first-order chi connectivity index (χ1) is 11.9. The lowest BCUT2D eigenvalue weighted by molar-refractivity contribution is 0.521. The Bertz CT molecular complexity index is 1200. The highest BCUT2D eigenvalue weighted by atomic mass is 32.2. The minimum atomic E-state index is -3.48. The number of pyridine rings is 1. The maximum atomic E-state index is 12.4. The number of sulfonamides is 1. The van der Waals surface area contributed by atoms with Gasteiger partial charge < -0.3 is 4.98 Å². The van der Waals surface area contributed by atoms with Gasteiger partial charge in [0.25, 0.3) is 0 Å². The number of rotatable bonds is 3. The van der Waals surface area contributed by atoms with Crippen LogP contribution in [0.2, 0.25) is 0 Å². The second-order valence-corrected chi connectivity index (χ2v) is 8.24. The van der Waals surface area contributed by atoms with E-state index in [0.717, 1.165) is 33.2 Å². The number of aromatic nitrogens is 4. The lowest BCUT2D eigenvalue weighted by Crippen LogP contribution is -2.22. The van der Waals surface area contributed by atoms with E-state index in [1.54, 1.807) is 30.6 Å². The smallest absolute Gasteiger partial charge is 0.242 e. The Morgan fingerprint density at radius 3 is 2.72 bits per heavy atom. The van der Waals surface area contributed by atoms with Crippen molar-refractivity contribution < 1.29 is 8.42 Å². The summed E-state index contributed by atoms with van der Waals surface area (Å²) in [6.45, 7) is 0. The molecule has 0 atom stereocenters. The normalized spacial score (nSPS) is 12.5. The molecule has 0 spiro atoms. The van der Waals surface area contributed by atoms with E-state index in [1.807, 2.05) is 23.9 Å². The zero-order valence-electron chi connectivity index (χ0n) is 14.1. The maximum Gasteiger partial charge on any atom is 0.242 e. The highest BCUT2D eigenvalue weighted by Crippen LogP contribution is 2.29. The molecule has 0 saturated heterocycles. The quantitative estimate of drug-likeness (QED) is 0.611. The van der Waals surface area contributed by atoms with Crippen molar-refractivity contribution in [3.8, 4) is 11.3 Å². The summed E-state index contributed by atoms with van der Waals surface area (Å²) in [6.07, 6.45) is 3.55. The Balaban J connectivity index is 1.91. The first-order valence-electron chi connectivity index (χ1n) is 7.70. The molecule has 0 amide bonds. The molecule has 128 valence electrons. The molecule has 4 aromatic rings. The van der Waals surface area contributed by atoms with Gasteiger partial charge in [0.15, 0.2) is 0 Å². The molecule has 0 bridgehead atoms. The van der Waals surface area contributed by atoms with E-state index in [2.05, 4.69) is 15.1 Å². The first kappa shape index (κ1) is 15.8. The summed E-state index contributed by atoms with van der Waals surface area (Å²) in [5.41, 5.74) is 3.33. The summed E-state index contributed by atoms with van der Waals surface area (Å²) in [5.74, 6) is 0. The molecule has 0 aliphatic heterocycles. The Morgan fingerprint density at radius 1 is 1.16 bits per heavy atom. The van der Waals surface area contributed by atoms with Crippen molar-refractivity contribution in [2.75, 3.05) is 14.1 Å². The first-order valence-corrected chi connectivity index (χ1v) is 9.14. The molecule has 1 N–H and O–H groups in total. The van der Waals surface area contributed by atoms with Gasteiger partial charge in [-0.25, -0.2) is 17.7 Å². The maximum absolute atomic E-state index is 12.4. The summed E-state index contributed by atoms with van der Waals surface area (Å²) in [6, 6.07) is 8.86. The van der Waals surface area contributed by atoms with Gasteiger partial charge in [-0.15, -0.1) is 0 Å². The van der Waals surface area contributed by atoms with Crippen LogP contribution in [0.3, 0.4) is 0 Å². The van der Waals surface area contributed by atoms with Crippen molar-refractivity contribution >= 4 is 32.0 Å². The Hall–Kier alpha value is -2.71. The standard InChI is InChI=1S/C17H17N5O2S/c1-21(2)25(23,24)13-6-4-5-11(7-13)15-8-14-16-12(10-19-22(16)3)9-18-17(14)20-15/h4-10H,1-3H3,(H,18,20). The molecule has 3 aromatic heterocycles. The average molecular weight is 355 g/mol. The largest absolute Gasteiger partial charge is 0.339 e. The molecule has 0 saturated carbocycles. The van der Waals surface area contributed by atoms with Crippen molar-refractivity contribution in [2.24, 2.45) is 7.05 Å². The molecule has 0 radical (unpaired) electrons. The molecule has 4 rings (SSSR count). The van der Waals surface area contributed by atoms with E-state index in [1.165, 1.54) is 18.4 Å². The fraction of sp³-hybridized carbons (Fsp3) is 0.176. The fourth-order valence-electron chi connectivity index (χ4n) is 2.93. The SMILES string of the molecule is CN(C)S(=O)(=O)c1cccc(-c2cc3c(ncc4cnn(C)c43)[nH]2)c1. The Morgan fingerprint density at radius 2 is 1.96 bits per heavy atom. The summed E-state index contributed by atoms with van der Waals surface area (Å²) < 4.78 is 27.7. The number of fused-ring (bicyclic) bond motifs is 3. The van der Waals surface area contributed by atoms with Gasteiger partial charge in [0.05, 0.1) is 16.6 Å². The predicted octanol–water partition coefficient (Wildman–Crippen LogP) is 2.37. The van der Waals surface area contributed by atoms with Crippen molar-refractivity contribution in [1.82, 2.24) is 24.1 Å². The number of benzene rings is 1.